The Labute approximate surface area is 205 Å². The van der Waals surface area contributed by atoms with Gasteiger partial charge in [0.05, 0.1) is 12.1 Å². The maximum atomic E-state index is 13.1. The molecule has 0 bridgehead atoms. The lowest BCUT2D eigenvalue weighted by Gasteiger charge is -2.31. The molecule has 0 atom stereocenters. The molecule has 35 heavy (non-hydrogen) atoms. The molecule has 1 aromatic carbocycles. The van der Waals surface area contributed by atoms with E-state index < -0.39 is 0 Å². The number of carbonyl (C=O) groups excluding carboxylic acids is 1. The zero-order valence-electron chi connectivity index (χ0n) is 20.3. The van der Waals surface area contributed by atoms with Crippen molar-refractivity contribution in [3.05, 3.63) is 82.4 Å². The standard InChI is InChI=1S/C28H33N5O2/c1-31(23-8-3-2-4-9-23)18-7-17-30-27(34)22-14-12-21(13-15-22)20-33-26-24(10-5-16-29-26)32-19-6-11-25(32)28(33)35/h5-6,10-16,19,23H,2-4,7-9,17-18,20H2,1H3,(H,30,34). The van der Waals surface area contributed by atoms with E-state index in [1.165, 1.54) is 32.1 Å². The fourth-order valence-corrected chi connectivity index (χ4v) is 5.21. The van der Waals surface area contributed by atoms with E-state index in [-0.39, 0.29) is 11.5 Å². The molecule has 0 aliphatic heterocycles. The Morgan fingerprint density at radius 3 is 2.63 bits per heavy atom. The number of rotatable bonds is 8. The molecule has 1 saturated carbocycles. The Balaban J connectivity index is 1.21. The number of fused-ring (bicyclic) bond motifs is 3. The minimum absolute atomic E-state index is 0.0595. The first kappa shape index (κ1) is 23.3. The van der Waals surface area contributed by atoms with Crippen molar-refractivity contribution in [3.63, 3.8) is 0 Å². The molecule has 5 rings (SSSR count). The molecule has 7 heteroatoms. The van der Waals surface area contributed by atoms with E-state index in [9.17, 15) is 9.59 Å². The second-order valence-corrected chi connectivity index (χ2v) is 9.58. The molecule has 7 nitrogen and oxygen atoms in total. The van der Waals surface area contributed by atoms with Crippen molar-refractivity contribution in [2.75, 3.05) is 20.1 Å². The summed E-state index contributed by atoms with van der Waals surface area (Å²) in [5.41, 5.74) is 3.64. The van der Waals surface area contributed by atoms with Gasteiger partial charge in [0.1, 0.15) is 5.52 Å². The summed E-state index contributed by atoms with van der Waals surface area (Å²) in [4.78, 5) is 32.6. The van der Waals surface area contributed by atoms with E-state index >= 15 is 0 Å². The second kappa shape index (κ2) is 10.4. The number of nitrogens with zero attached hydrogens (tertiary/aromatic N) is 4. The lowest BCUT2D eigenvalue weighted by Crippen LogP contribution is -2.35. The van der Waals surface area contributed by atoms with Crippen LogP contribution >= 0.6 is 0 Å². The van der Waals surface area contributed by atoms with Gasteiger partial charge in [-0.3, -0.25) is 14.2 Å². The van der Waals surface area contributed by atoms with Crippen LogP contribution < -0.4 is 10.9 Å². The van der Waals surface area contributed by atoms with Crippen LogP contribution in [0.1, 0.15) is 54.4 Å². The van der Waals surface area contributed by atoms with Crippen molar-refractivity contribution < 1.29 is 4.79 Å². The number of carbonyl (C=O) groups is 1. The minimum Gasteiger partial charge on any atom is -0.352 e. The first-order valence-corrected chi connectivity index (χ1v) is 12.6. The molecule has 0 spiro atoms. The normalized spacial score (nSPS) is 14.7. The van der Waals surface area contributed by atoms with Crippen molar-refractivity contribution in [2.45, 2.75) is 51.1 Å². The largest absolute Gasteiger partial charge is 0.352 e. The van der Waals surface area contributed by atoms with Gasteiger partial charge in [-0.1, -0.05) is 31.4 Å². The van der Waals surface area contributed by atoms with Crippen LogP contribution in [0.3, 0.4) is 0 Å². The molecule has 1 amide bonds. The molecule has 1 aliphatic carbocycles. The van der Waals surface area contributed by atoms with Gasteiger partial charge in [-0.2, -0.15) is 0 Å². The molecule has 0 saturated heterocycles. The third kappa shape index (κ3) is 5.00. The van der Waals surface area contributed by atoms with Crippen molar-refractivity contribution in [2.24, 2.45) is 0 Å². The highest BCUT2D eigenvalue weighted by Crippen LogP contribution is 2.21. The molecule has 3 heterocycles. The van der Waals surface area contributed by atoms with Crippen LogP contribution in [0.5, 0.6) is 0 Å². The SMILES string of the molecule is CN(CCCNC(=O)c1ccc(Cn2c(=O)c3cccn3c3cccnc32)cc1)C1CCCCC1. The van der Waals surface area contributed by atoms with Gasteiger partial charge in [-0.05, 0) is 74.8 Å². The number of benzene rings is 1. The van der Waals surface area contributed by atoms with Gasteiger partial charge >= 0.3 is 0 Å². The molecule has 1 fully saturated rings. The molecule has 1 aliphatic rings. The van der Waals surface area contributed by atoms with E-state index in [0.29, 0.717) is 35.9 Å². The Morgan fingerprint density at radius 2 is 1.83 bits per heavy atom. The summed E-state index contributed by atoms with van der Waals surface area (Å²) in [6.45, 7) is 2.07. The van der Waals surface area contributed by atoms with Crippen molar-refractivity contribution in [3.8, 4) is 0 Å². The van der Waals surface area contributed by atoms with Gasteiger partial charge in [-0.15, -0.1) is 0 Å². The van der Waals surface area contributed by atoms with Crippen LogP contribution in [0, 0.1) is 0 Å². The topological polar surface area (TPSA) is 71.6 Å². The van der Waals surface area contributed by atoms with Gasteiger partial charge in [0.2, 0.25) is 0 Å². The minimum atomic E-state index is -0.0822. The fourth-order valence-electron chi connectivity index (χ4n) is 5.21. The number of nitrogens with one attached hydrogen (secondary N) is 1. The third-order valence-corrected chi connectivity index (χ3v) is 7.22. The molecule has 182 valence electrons. The summed E-state index contributed by atoms with van der Waals surface area (Å²) in [5, 5.41) is 3.04. The van der Waals surface area contributed by atoms with E-state index in [1.807, 2.05) is 59.1 Å². The smallest absolute Gasteiger partial charge is 0.276 e. The molecule has 0 radical (unpaired) electrons. The summed E-state index contributed by atoms with van der Waals surface area (Å²) in [6, 6.07) is 15.7. The Morgan fingerprint density at radius 1 is 1.06 bits per heavy atom. The van der Waals surface area contributed by atoms with E-state index in [0.717, 1.165) is 24.0 Å². The van der Waals surface area contributed by atoms with Crippen LogP contribution in [0.4, 0.5) is 0 Å². The molecular formula is C28H33N5O2. The van der Waals surface area contributed by atoms with Gasteiger partial charge in [-0.25, -0.2) is 4.98 Å². The predicted molar refractivity (Wildman–Crippen MR) is 139 cm³/mol. The number of pyridine rings is 1. The molecule has 3 aromatic heterocycles. The highest BCUT2D eigenvalue weighted by atomic mass is 16.1. The monoisotopic (exact) mass is 471 g/mol. The van der Waals surface area contributed by atoms with Crippen LogP contribution in [-0.4, -0.2) is 50.9 Å². The quantitative estimate of drug-likeness (QED) is 0.393. The third-order valence-electron chi connectivity index (χ3n) is 7.22. The molecule has 4 aromatic rings. The lowest BCUT2D eigenvalue weighted by atomic mass is 9.94. The highest BCUT2D eigenvalue weighted by Gasteiger charge is 2.17. The fraction of sp³-hybridized carbons (Fsp3) is 0.393. The number of aromatic nitrogens is 3. The zero-order chi connectivity index (χ0) is 24.2. The average molecular weight is 472 g/mol. The first-order chi connectivity index (χ1) is 17.1. The summed E-state index contributed by atoms with van der Waals surface area (Å²) in [6.07, 6.45) is 11.2. The zero-order valence-corrected chi connectivity index (χ0v) is 20.3. The summed E-state index contributed by atoms with van der Waals surface area (Å²) >= 11 is 0. The Bertz CT molecular complexity index is 1370. The number of hydrogen-bond donors (Lipinski definition) is 1. The molecule has 1 N–H and O–H groups in total. The molecular weight excluding hydrogens is 438 g/mol. The van der Waals surface area contributed by atoms with Gasteiger partial charge < -0.3 is 14.6 Å². The number of hydrogen-bond acceptors (Lipinski definition) is 4. The van der Waals surface area contributed by atoms with Gasteiger partial charge in [0.15, 0.2) is 5.65 Å². The lowest BCUT2D eigenvalue weighted by molar-refractivity contribution is 0.0950. The maximum Gasteiger partial charge on any atom is 0.276 e. The van der Waals surface area contributed by atoms with Crippen molar-refractivity contribution >= 4 is 22.6 Å². The first-order valence-electron chi connectivity index (χ1n) is 12.6. The van der Waals surface area contributed by atoms with Crippen molar-refractivity contribution in [1.29, 1.82) is 0 Å². The van der Waals surface area contributed by atoms with Crippen LogP contribution in [0.25, 0.3) is 16.7 Å². The van der Waals surface area contributed by atoms with Crippen LogP contribution in [0.15, 0.2) is 65.7 Å². The highest BCUT2D eigenvalue weighted by molar-refractivity contribution is 5.94. The summed E-state index contributed by atoms with van der Waals surface area (Å²) < 4.78 is 3.57. The van der Waals surface area contributed by atoms with Crippen LogP contribution in [0.2, 0.25) is 0 Å². The van der Waals surface area contributed by atoms with E-state index in [1.54, 1.807) is 10.8 Å². The van der Waals surface area contributed by atoms with Crippen molar-refractivity contribution in [1.82, 2.24) is 24.2 Å². The van der Waals surface area contributed by atoms with E-state index in [2.05, 4.69) is 22.2 Å². The average Bonchev–Trinajstić information content (AvgIpc) is 3.40. The molecule has 0 unspecified atom stereocenters. The maximum absolute atomic E-state index is 13.1. The summed E-state index contributed by atoms with van der Waals surface area (Å²) in [7, 11) is 2.20. The van der Waals surface area contributed by atoms with E-state index in [4.69, 9.17) is 0 Å². The predicted octanol–water partition coefficient (Wildman–Crippen LogP) is 4.08. The number of amides is 1. The summed E-state index contributed by atoms with van der Waals surface area (Å²) in [5.74, 6) is -0.0595. The second-order valence-electron chi connectivity index (χ2n) is 9.58. The van der Waals surface area contributed by atoms with Gasteiger partial charge in [0.25, 0.3) is 11.5 Å². The Kier molecular flexibility index (Phi) is 6.95. The Hall–Kier alpha value is -3.45. The van der Waals surface area contributed by atoms with Gasteiger partial charge in [0, 0.05) is 30.5 Å². The van der Waals surface area contributed by atoms with Crippen LogP contribution in [-0.2, 0) is 6.54 Å².